The number of hydrogen-bond donors (Lipinski definition) is 1. The van der Waals surface area contributed by atoms with Crippen LogP contribution in [-0.4, -0.2) is 27.6 Å². The number of para-hydroxylation sites is 2. The Morgan fingerprint density at radius 2 is 1.87 bits per heavy atom. The lowest BCUT2D eigenvalue weighted by Crippen LogP contribution is -2.34. The molecular weight excluding hydrogens is 387 g/mol. The Morgan fingerprint density at radius 1 is 1.10 bits per heavy atom. The van der Waals surface area contributed by atoms with E-state index in [2.05, 4.69) is 15.3 Å². The van der Waals surface area contributed by atoms with Crippen LogP contribution in [0.15, 0.2) is 71.7 Å². The Bertz CT molecular complexity index is 1290. The van der Waals surface area contributed by atoms with E-state index in [0.29, 0.717) is 28.2 Å². The average molecular weight is 404 g/mol. The van der Waals surface area contributed by atoms with Gasteiger partial charge < -0.3 is 10.1 Å². The number of methoxy groups -OCH3 is 1. The minimum absolute atomic E-state index is 0.125. The van der Waals surface area contributed by atoms with Gasteiger partial charge in [-0.2, -0.15) is 0 Å². The van der Waals surface area contributed by atoms with Crippen LogP contribution in [0, 0.1) is 5.82 Å². The summed E-state index contributed by atoms with van der Waals surface area (Å²) < 4.78 is 19.8. The number of ether oxygens (including phenoxy) is 1. The predicted octanol–water partition coefficient (Wildman–Crippen LogP) is 2.86. The summed E-state index contributed by atoms with van der Waals surface area (Å²) in [6.45, 7) is 0.125. The minimum atomic E-state index is -0.640. The first-order valence-corrected chi connectivity index (χ1v) is 9.12. The van der Waals surface area contributed by atoms with Crippen molar-refractivity contribution in [2.75, 3.05) is 7.11 Å². The topological polar surface area (TPSA) is 86.1 Å². The molecule has 8 heteroatoms. The van der Waals surface area contributed by atoms with Gasteiger partial charge in [0.05, 0.1) is 12.8 Å². The van der Waals surface area contributed by atoms with Crippen molar-refractivity contribution in [3.05, 3.63) is 94.3 Å². The molecule has 0 atom stereocenters. The van der Waals surface area contributed by atoms with Crippen molar-refractivity contribution >= 4 is 17.1 Å². The Morgan fingerprint density at radius 3 is 2.63 bits per heavy atom. The fourth-order valence-electron chi connectivity index (χ4n) is 3.07. The molecule has 0 bridgehead atoms. The molecule has 4 rings (SSSR count). The van der Waals surface area contributed by atoms with Gasteiger partial charge in [-0.25, -0.2) is 14.4 Å². The number of carbonyl (C=O) groups excluding carboxylic acids is 1. The molecule has 0 fully saturated rings. The van der Waals surface area contributed by atoms with E-state index in [1.807, 2.05) is 0 Å². The van der Waals surface area contributed by atoms with Crippen molar-refractivity contribution in [2.24, 2.45) is 0 Å². The summed E-state index contributed by atoms with van der Waals surface area (Å²) in [5, 5.41) is 2.66. The number of carbonyl (C=O) groups is 1. The first-order valence-electron chi connectivity index (χ1n) is 9.12. The van der Waals surface area contributed by atoms with Crippen LogP contribution in [0.3, 0.4) is 0 Å². The van der Waals surface area contributed by atoms with Crippen molar-refractivity contribution in [2.45, 2.75) is 6.54 Å². The number of fused-ring (bicyclic) bond motifs is 1. The van der Waals surface area contributed by atoms with Crippen LogP contribution >= 0.6 is 0 Å². The van der Waals surface area contributed by atoms with Crippen LogP contribution in [0.25, 0.3) is 16.9 Å². The van der Waals surface area contributed by atoms with E-state index in [-0.39, 0.29) is 18.1 Å². The maximum Gasteiger partial charge on any atom is 0.288 e. The highest BCUT2D eigenvalue weighted by atomic mass is 19.1. The van der Waals surface area contributed by atoms with Crippen molar-refractivity contribution in [3.8, 4) is 11.4 Å². The highest BCUT2D eigenvalue weighted by Crippen LogP contribution is 2.23. The quantitative estimate of drug-likeness (QED) is 0.553. The van der Waals surface area contributed by atoms with Crippen LogP contribution in [0.2, 0.25) is 0 Å². The summed E-state index contributed by atoms with van der Waals surface area (Å²) in [4.78, 5) is 34.5. The number of rotatable bonds is 5. The molecule has 2 aromatic carbocycles. The standard InChI is InChI=1S/C22H17FN4O3/c1-30-18-7-3-2-6-17(18)27-20-16(5-4-12-24-20)26-19(22(27)29)21(28)25-13-14-8-10-15(23)11-9-14/h2-12H,13H2,1H3,(H,25,28). The van der Waals surface area contributed by atoms with Crippen LogP contribution in [0.4, 0.5) is 4.39 Å². The number of pyridine rings is 1. The van der Waals surface area contributed by atoms with Crippen LogP contribution in [-0.2, 0) is 6.54 Å². The molecule has 0 aliphatic carbocycles. The summed E-state index contributed by atoms with van der Waals surface area (Å²) in [7, 11) is 1.50. The molecule has 2 aromatic heterocycles. The smallest absolute Gasteiger partial charge is 0.288 e. The van der Waals surface area contributed by atoms with E-state index < -0.39 is 11.5 Å². The molecule has 1 N–H and O–H groups in total. The zero-order chi connectivity index (χ0) is 21.1. The van der Waals surface area contributed by atoms with E-state index >= 15 is 0 Å². The van der Waals surface area contributed by atoms with E-state index in [4.69, 9.17) is 4.74 Å². The average Bonchev–Trinajstić information content (AvgIpc) is 2.78. The molecule has 2 heterocycles. The monoisotopic (exact) mass is 404 g/mol. The zero-order valence-electron chi connectivity index (χ0n) is 16.0. The maximum absolute atomic E-state index is 13.2. The Kier molecular flexibility index (Phi) is 5.21. The fourth-order valence-corrected chi connectivity index (χ4v) is 3.07. The molecule has 4 aromatic rings. The van der Waals surface area contributed by atoms with Gasteiger partial charge in [-0.1, -0.05) is 24.3 Å². The van der Waals surface area contributed by atoms with Gasteiger partial charge in [0.2, 0.25) is 0 Å². The van der Waals surface area contributed by atoms with Crippen molar-refractivity contribution in [1.29, 1.82) is 0 Å². The van der Waals surface area contributed by atoms with E-state index in [1.165, 1.54) is 23.8 Å². The third-order valence-corrected chi connectivity index (χ3v) is 4.52. The van der Waals surface area contributed by atoms with Crippen LogP contribution in [0.5, 0.6) is 5.75 Å². The summed E-state index contributed by atoms with van der Waals surface area (Å²) >= 11 is 0. The Balaban J connectivity index is 1.79. The maximum atomic E-state index is 13.2. The zero-order valence-corrected chi connectivity index (χ0v) is 16.0. The van der Waals surface area contributed by atoms with Crippen molar-refractivity contribution < 1.29 is 13.9 Å². The number of halogens is 1. The van der Waals surface area contributed by atoms with Gasteiger partial charge in [0.1, 0.15) is 17.1 Å². The number of amides is 1. The van der Waals surface area contributed by atoms with Gasteiger partial charge in [0.25, 0.3) is 11.5 Å². The molecule has 150 valence electrons. The molecule has 7 nitrogen and oxygen atoms in total. The first kappa shape index (κ1) is 19.3. The third-order valence-electron chi connectivity index (χ3n) is 4.52. The first-order chi connectivity index (χ1) is 14.6. The summed E-state index contributed by atoms with van der Waals surface area (Å²) in [6, 6.07) is 16.0. The number of benzene rings is 2. The lowest BCUT2D eigenvalue weighted by atomic mass is 10.2. The Hall–Kier alpha value is -4.07. The number of nitrogens with zero attached hydrogens (tertiary/aromatic N) is 3. The van der Waals surface area contributed by atoms with Crippen molar-refractivity contribution in [1.82, 2.24) is 19.9 Å². The van der Waals surface area contributed by atoms with Gasteiger partial charge in [-0.3, -0.25) is 14.2 Å². The molecule has 0 spiro atoms. The summed E-state index contributed by atoms with van der Waals surface area (Å²) in [6.07, 6.45) is 1.55. The van der Waals surface area contributed by atoms with Gasteiger partial charge >= 0.3 is 0 Å². The Labute approximate surface area is 170 Å². The normalized spacial score (nSPS) is 10.7. The van der Waals surface area contributed by atoms with Gasteiger partial charge in [-0.15, -0.1) is 0 Å². The molecule has 0 aliphatic heterocycles. The minimum Gasteiger partial charge on any atom is -0.495 e. The van der Waals surface area contributed by atoms with Crippen LogP contribution in [0.1, 0.15) is 16.1 Å². The summed E-state index contributed by atoms with van der Waals surface area (Å²) in [5.41, 5.74) is 0.934. The molecule has 0 saturated heterocycles. The number of aromatic nitrogens is 3. The van der Waals surface area contributed by atoms with E-state index in [1.54, 1.807) is 54.7 Å². The van der Waals surface area contributed by atoms with Gasteiger partial charge in [0.15, 0.2) is 11.3 Å². The summed E-state index contributed by atoms with van der Waals surface area (Å²) in [5.74, 6) is -0.553. The lowest BCUT2D eigenvalue weighted by Gasteiger charge is -2.14. The molecule has 0 unspecified atom stereocenters. The molecule has 0 radical (unpaired) electrons. The predicted molar refractivity (Wildman–Crippen MR) is 109 cm³/mol. The second-order valence-corrected chi connectivity index (χ2v) is 6.43. The molecular formula is C22H17FN4O3. The molecule has 0 saturated carbocycles. The largest absolute Gasteiger partial charge is 0.495 e. The third kappa shape index (κ3) is 3.62. The van der Waals surface area contributed by atoms with E-state index in [9.17, 15) is 14.0 Å². The highest BCUT2D eigenvalue weighted by molar-refractivity contribution is 5.93. The van der Waals surface area contributed by atoms with Gasteiger partial charge in [0, 0.05) is 12.7 Å². The second kappa shape index (κ2) is 8.12. The fraction of sp³-hybridized carbons (Fsp3) is 0.0909. The number of nitrogens with one attached hydrogen (secondary N) is 1. The number of hydrogen-bond acceptors (Lipinski definition) is 5. The van der Waals surface area contributed by atoms with Crippen LogP contribution < -0.4 is 15.6 Å². The second-order valence-electron chi connectivity index (χ2n) is 6.43. The highest BCUT2D eigenvalue weighted by Gasteiger charge is 2.20. The lowest BCUT2D eigenvalue weighted by molar-refractivity contribution is 0.0944. The molecule has 1 amide bonds. The molecule has 30 heavy (non-hydrogen) atoms. The van der Waals surface area contributed by atoms with Gasteiger partial charge in [-0.05, 0) is 42.0 Å². The molecule has 0 aliphatic rings. The SMILES string of the molecule is COc1ccccc1-n1c(=O)c(C(=O)NCc2ccc(F)cc2)nc2cccnc21. The van der Waals surface area contributed by atoms with E-state index in [0.717, 1.165) is 0 Å². The van der Waals surface area contributed by atoms with Crippen molar-refractivity contribution in [3.63, 3.8) is 0 Å².